The molecule has 1 saturated heterocycles. The summed E-state index contributed by atoms with van der Waals surface area (Å²) in [5, 5.41) is 8.59. The fourth-order valence-corrected chi connectivity index (χ4v) is 3.21. The van der Waals surface area contributed by atoms with Gasteiger partial charge in [0.15, 0.2) is 5.69 Å². The predicted molar refractivity (Wildman–Crippen MR) is 95.8 cm³/mol. The zero-order valence-corrected chi connectivity index (χ0v) is 15.0. The molecule has 0 bridgehead atoms. The van der Waals surface area contributed by atoms with Gasteiger partial charge in [-0.1, -0.05) is 37.6 Å². The topological polar surface area (TPSA) is 50.2 Å². The first kappa shape index (κ1) is 17.0. The van der Waals surface area contributed by atoms with Crippen molar-refractivity contribution in [2.24, 2.45) is 5.92 Å². The number of nitrogens with zero attached hydrogens (tertiary/aromatic N) is 3. The van der Waals surface area contributed by atoms with Crippen LogP contribution in [0.15, 0.2) is 30.5 Å². The highest BCUT2D eigenvalue weighted by atomic mass is 35.5. The third kappa shape index (κ3) is 3.32. The Labute approximate surface area is 147 Å². The maximum Gasteiger partial charge on any atom is 0.274 e. The molecular weight excluding hydrogens is 324 g/mol. The van der Waals surface area contributed by atoms with Crippen LogP contribution in [0.2, 0.25) is 5.02 Å². The number of benzene rings is 1. The number of rotatable bonds is 3. The second kappa shape index (κ2) is 6.95. The Bertz CT molecular complexity index is 740. The summed E-state index contributed by atoms with van der Waals surface area (Å²) < 4.78 is 1.69. The van der Waals surface area contributed by atoms with Crippen molar-refractivity contribution in [2.75, 3.05) is 19.6 Å². The molecule has 5 nitrogen and oxygen atoms in total. The number of amides is 1. The maximum atomic E-state index is 12.9. The number of piperazine rings is 1. The summed E-state index contributed by atoms with van der Waals surface area (Å²) in [4.78, 5) is 14.8. The van der Waals surface area contributed by atoms with E-state index in [2.05, 4.69) is 24.3 Å². The zero-order valence-electron chi connectivity index (χ0n) is 14.3. The van der Waals surface area contributed by atoms with Gasteiger partial charge in [-0.25, -0.2) is 4.68 Å². The van der Waals surface area contributed by atoms with Crippen molar-refractivity contribution < 1.29 is 4.79 Å². The lowest BCUT2D eigenvalue weighted by atomic mass is 10.0. The molecule has 1 amide bonds. The van der Waals surface area contributed by atoms with Crippen molar-refractivity contribution in [3.8, 4) is 5.69 Å². The van der Waals surface area contributed by atoms with Crippen LogP contribution in [-0.2, 0) is 0 Å². The summed E-state index contributed by atoms with van der Waals surface area (Å²) in [7, 11) is 0. The Morgan fingerprint density at radius 1 is 1.38 bits per heavy atom. The highest BCUT2D eigenvalue weighted by molar-refractivity contribution is 6.32. The molecule has 2 aromatic rings. The third-order valence-electron chi connectivity index (χ3n) is 4.50. The number of aryl methyl sites for hydroxylation is 1. The molecule has 0 radical (unpaired) electrons. The van der Waals surface area contributed by atoms with E-state index >= 15 is 0 Å². The summed E-state index contributed by atoms with van der Waals surface area (Å²) in [6.45, 7) is 8.50. The average molecular weight is 347 g/mol. The summed E-state index contributed by atoms with van der Waals surface area (Å²) >= 11 is 6.24. The summed E-state index contributed by atoms with van der Waals surface area (Å²) in [5.74, 6) is 0.479. The van der Waals surface area contributed by atoms with Crippen LogP contribution in [0.4, 0.5) is 0 Å². The first-order chi connectivity index (χ1) is 11.5. The molecular formula is C18H23ClN4O. The third-order valence-corrected chi connectivity index (χ3v) is 4.82. The second-order valence-corrected chi connectivity index (χ2v) is 7.02. The van der Waals surface area contributed by atoms with Crippen LogP contribution < -0.4 is 5.32 Å². The van der Waals surface area contributed by atoms with Crippen molar-refractivity contribution >= 4 is 17.5 Å². The quantitative estimate of drug-likeness (QED) is 0.929. The Morgan fingerprint density at radius 2 is 2.12 bits per heavy atom. The average Bonchev–Trinajstić information content (AvgIpc) is 2.96. The maximum absolute atomic E-state index is 12.9. The van der Waals surface area contributed by atoms with Crippen LogP contribution in [0, 0.1) is 12.8 Å². The summed E-state index contributed by atoms with van der Waals surface area (Å²) in [6, 6.07) is 7.82. The lowest BCUT2D eigenvalue weighted by Crippen LogP contribution is -2.54. The lowest BCUT2D eigenvalue weighted by Gasteiger charge is -2.35. The van der Waals surface area contributed by atoms with Crippen LogP contribution in [0.5, 0.6) is 0 Å². The standard InChI is InChI=1S/C18H23ClN4O/c1-12(2)15-11-22(9-8-20-15)18(24)17-13(3)10-23(21-17)16-7-5-4-6-14(16)19/h4-7,10,12,15,20H,8-9,11H2,1-3H3/t15-/m1/s1. The van der Waals surface area contributed by atoms with Gasteiger partial charge in [0.05, 0.1) is 10.7 Å². The monoisotopic (exact) mass is 346 g/mol. The van der Waals surface area contributed by atoms with Crippen LogP contribution in [0.25, 0.3) is 5.69 Å². The van der Waals surface area contributed by atoms with E-state index in [0.717, 1.165) is 24.3 Å². The van der Waals surface area contributed by atoms with Gasteiger partial charge in [0.2, 0.25) is 0 Å². The Kier molecular flexibility index (Phi) is 4.92. The van der Waals surface area contributed by atoms with Crippen molar-refractivity contribution in [1.82, 2.24) is 20.0 Å². The molecule has 3 rings (SSSR count). The molecule has 1 aromatic carbocycles. The number of carbonyl (C=O) groups is 1. The van der Waals surface area contributed by atoms with E-state index < -0.39 is 0 Å². The molecule has 1 N–H and O–H groups in total. The molecule has 0 unspecified atom stereocenters. The molecule has 1 aliphatic rings. The van der Waals surface area contributed by atoms with Gasteiger partial charge in [0, 0.05) is 37.4 Å². The van der Waals surface area contributed by atoms with Gasteiger partial charge >= 0.3 is 0 Å². The molecule has 1 atom stereocenters. The Balaban J connectivity index is 1.85. The molecule has 1 aliphatic heterocycles. The van der Waals surface area contributed by atoms with Gasteiger partial charge in [0.1, 0.15) is 0 Å². The smallest absolute Gasteiger partial charge is 0.274 e. The van der Waals surface area contributed by atoms with E-state index in [9.17, 15) is 4.79 Å². The van der Waals surface area contributed by atoms with Gasteiger partial charge < -0.3 is 10.2 Å². The molecule has 0 aliphatic carbocycles. The number of carbonyl (C=O) groups excluding carboxylic acids is 1. The van der Waals surface area contributed by atoms with E-state index in [-0.39, 0.29) is 5.91 Å². The van der Waals surface area contributed by atoms with Gasteiger partial charge in [-0.15, -0.1) is 0 Å². The first-order valence-electron chi connectivity index (χ1n) is 8.31. The van der Waals surface area contributed by atoms with E-state index in [1.165, 1.54) is 0 Å². The highest BCUT2D eigenvalue weighted by Gasteiger charge is 2.28. The minimum absolute atomic E-state index is 0.00884. The number of hydrogen-bond acceptors (Lipinski definition) is 3. The van der Waals surface area contributed by atoms with E-state index in [1.54, 1.807) is 4.68 Å². The normalized spacial score (nSPS) is 18.2. The van der Waals surface area contributed by atoms with Crippen LogP contribution in [0.1, 0.15) is 29.9 Å². The van der Waals surface area contributed by atoms with E-state index in [1.807, 2.05) is 42.3 Å². The van der Waals surface area contributed by atoms with Crippen molar-refractivity contribution in [3.63, 3.8) is 0 Å². The largest absolute Gasteiger partial charge is 0.334 e. The van der Waals surface area contributed by atoms with Gasteiger partial charge in [0.25, 0.3) is 5.91 Å². The van der Waals surface area contributed by atoms with Gasteiger partial charge in [-0.3, -0.25) is 4.79 Å². The molecule has 2 heterocycles. The van der Waals surface area contributed by atoms with Crippen LogP contribution >= 0.6 is 11.6 Å². The Morgan fingerprint density at radius 3 is 2.83 bits per heavy atom. The SMILES string of the molecule is Cc1cn(-c2ccccc2Cl)nc1C(=O)N1CCN[C@@H](C(C)C)C1. The number of para-hydroxylation sites is 1. The highest BCUT2D eigenvalue weighted by Crippen LogP contribution is 2.21. The van der Waals surface area contributed by atoms with E-state index in [0.29, 0.717) is 29.2 Å². The minimum Gasteiger partial charge on any atom is -0.334 e. The second-order valence-electron chi connectivity index (χ2n) is 6.61. The molecule has 0 spiro atoms. The molecule has 128 valence electrons. The molecule has 1 fully saturated rings. The predicted octanol–water partition coefficient (Wildman–Crippen LogP) is 2.90. The summed E-state index contributed by atoms with van der Waals surface area (Å²) in [6.07, 6.45) is 1.86. The first-order valence-corrected chi connectivity index (χ1v) is 8.69. The van der Waals surface area contributed by atoms with Crippen molar-refractivity contribution in [1.29, 1.82) is 0 Å². The number of nitrogens with one attached hydrogen (secondary N) is 1. The lowest BCUT2D eigenvalue weighted by molar-refractivity contribution is 0.0676. The van der Waals surface area contributed by atoms with Crippen LogP contribution in [-0.4, -0.2) is 46.3 Å². The fraction of sp³-hybridized carbons (Fsp3) is 0.444. The fourth-order valence-electron chi connectivity index (χ4n) is 2.99. The van der Waals surface area contributed by atoms with E-state index in [4.69, 9.17) is 11.6 Å². The number of hydrogen-bond donors (Lipinski definition) is 1. The summed E-state index contributed by atoms with van der Waals surface area (Å²) in [5.41, 5.74) is 2.14. The minimum atomic E-state index is -0.00884. The zero-order chi connectivity index (χ0) is 17.3. The molecule has 24 heavy (non-hydrogen) atoms. The molecule has 6 heteroatoms. The van der Waals surface area contributed by atoms with Crippen LogP contribution in [0.3, 0.4) is 0 Å². The van der Waals surface area contributed by atoms with Gasteiger partial charge in [-0.2, -0.15) is 5.10 Å². The molecule has 1 aromatic heterocycles. The van der Waals surface area contributed by atoms with Crippen molar-refractivity contribution in [2.45, 2.75) is 26.8 Å². The van der Waals surface area contributed by atoms with Crippen molar-refractivity contribution in [3.05, 3.63) is 46.7 Å². The van der Waals surface area contributed by atoms with Gasteiger partial charge in [-0.05, 0) is 25.0 Å². The number of halogens is 1. The molecule has 0 saturated carbocycles. The number of aromatic nitrogens is 2. The Hall–Kier alpha value is -1.85.